The number of carbonyl (C=O) groups is 2. The molecule has 1 heterocycles. The number of nitrogens with one attached hydrogen (secondary N) is 1. The van der Waals surface area contributed by atoms with Crippen LogP contribution >= 0.6 is 11.8 Å². The Morgan fingerprint density at radius 3 is 2.36 bits per heavy atom. The minimum Gasteiger partial charge on any atom is -0.444 e. The second kappa shape index (κ2) is 7.08. The van der Waals surface area contributed by atoms with Gasteiger partial charge in [0.2, 0.25) is 5.91 Å². The van der Waals surface area contributed by atoms with E-state index in [2.05, 4.69) is 24.1 Å². The van der Waals surface area contributed by atoms with Crippen molar-refractivity contribution < 1.29 is 14.3 Å². The van der Waals surface area contributed by atoms with Gasteiger partial charge in [-0.25, -0.2) is 4.79 Å². The van der Waals surface area contributed by atoms with Crippen molar-refractivity contribution in [1.29, 1.82) is 0 Å². The molecule has 7 heteroatoms. The third-order valence-corrected chi connectivity index (χ3v) is 4.73. The van der Waals surface area contributed by atoms with Gasteiger partial charge in [0, 0.05) is 17.8 Å². The summed E-state index contributed by atoms with van der Waals surface area (Å²) in [5, 5.41) is 2.95. The van der Waals surface area contributed by atoms with Gasteiger partial charge < -0.3 is 15.0 Å². The monoisotopic (exact) mass is 331 g/mol. The van der Waals surface area contributed by atoms with Gasteiger partial charge in [0.25, 0.3) is 0 Å². The number of amides is 2. The molecule has 2 amide bonds. The maximum atomic E-state index is 12.4. The molecule has 1 rings (SSSR count). The Hall–Kier alpha value is -0.950. The first kappa shape index (κ1) is 19.1. The summed E-state index contributed by atoms with van der Waals surface area (Å²) in [6.07, 6.45) is -0.426. The first-order valence-electron chi connectivity index (χ1n) is 7.46. The molecule has 1 fully saturated rings. The lowest BCUT2D eigenvalue weighted by atomic mass is 10.0. The fraction of sp³-hybridized carbons (Fsp3) is 0.867. The van der Waals surface area contributed by atoms with E-state index in [1.54, 1.807) is 11.8 Å². The predicted octanol–water partition coefficient (Wildman–Crippen LogP) is 1.75. The summed E-state index contributed by atoms with van der Waals surface area (Å²) in [6.45, 7) is 10.1. The Bertz CT molecular complexity index is 419. The molecule has 0 aromatic rings. The van der Waals surface area contributed by atoms with E-state index in [0.29, 0.717) is 18.2 Å². The molecular weight excluding hydrogens is 302 g/mol. The molecule has 22 heavy (non-hydrogen) atoms. The number of hydrogen-bond acceptors (Lipinski definition) is 5. The summed E-state index contributed by atoms with van der Waals surface area (Å²) in [4.78, 5) is 28.2. The lowest BCUT2D eigenvalue weighted by Crippen LogP contribution is -2.53. The standard InChI is InChI=1S/C15H29N3O3S/c1-14(2,3)21-13(20)18-10-22-8-11(18)12(19)16-9-15(4,5)17(6)7/h11H,8-10H2,1-7H3,(H,16,19)/t11-/m1/s1. The molecule has 0 aromatic heterocycles. The second-order valence-electron chi connectivity index (χ2n) is 7.39. The third kappa shape index (κ3) is 5.35. The van der Waals surface area contributed by atoms with Crippen molar-refractivity contribution in [3.63, 3.8) is 0 Å². The van der Waals surface area contributed by atoms with E-state index in [4.69, 9.17) is 4.74 Å². The summed E-state index contributed by atoms with van der Waals surface area (Å²) < 4.78 is 5.37. The Labute approximate surface area is 137 Å². The minimum absolute atomic E-state index is 0.120. The summed E-state index contributed by atoms with van der Waals surface area (Å²) >= 11 is 1.57. The van der Waals surface area contributed by atoms with Gasteiger partial charge in [0.05, 0.1) is 5.88 Å². The number of likely N-dealkylation sites (N-methyl/N-ethyl adjacent to an activating group) is 1. The molecule has 0 aliphatic carbocycles. The molecule has 0 saturated carbocycles. The Morgan fingerprint density at radius 2 is 1.86 bits per heavy atom. The van der Waals surface area contributed by atoms with E-state index in [1.165, 1.54) is 4.90 Å². The highest BCUT2D eigenvalue weighted by Gasteiger charge is 2.37. The lowest BCUT2D eigenvalue weighted by Gasteiger charge is -2.33. The van der Waals surface area contributed by atoms with Gasteiger partial charge in [0.15, 0.2) is 0 Å². The van der Waals surface area contributed by atoms with E-state index in [-0.39, 0.29) is 11.4 Å². The van der Waals surface area contributed by atoms with Gasteiger partial charge in [-0.2, -0.15) is 0 Å². The molecule has 1 aliphatic rings. The lowest BCUT2D eigenvalue weighted by molar-refractivity contribution is -0.125. The van der Waals surface area contributed by atoms with Crippen LogP contribution in [0.3, 0.4) is 0 Å². The highest BCUT2D eigenvalue weighted by atomic mass is 32.2. The Morgan fingerprint density at radius 1 is 1.27 bits per heavy atom. The maximum absolute atomic E-state index is 12.4. The summed E-state index contributed by atoms with van der Waals surface area (Å²) in [5.41, 5.74) is -0.698. The SMILES string of the molecule is CN(C)C(C)(C)CNC(=O)[C@H]1CSCN1C(=O)OC(C)(C)C. The van der Waals surface area contributed by atoms with E-state index in [9.17, 15) is 9.59 Å². The van der Waals surface area contributed by atoms with E-state index in [0.717, 1.165) is 0 Å². The van der Waals surface area contributed by atoms with Crippen LogP contribution in [-0.2, 0) is 9.53 Å². The van der Waals surface area contributed by atoms with Crippen LogP contribution in [0.25, 0.3) is 0 Å². The molecule has 0 aromatic carbocycles. The zero-order chi connectivity index (χ0) is 17.1. The molecule has 1 aliphatic heterocycles. The normalized spacial score (nSPS) is 19.5. The van der Waals surface area contributed by atoms with Crippen LogP contribution in [0, 0.1) is 0 Å². The van der Waals surface area contributed by atoms with Crippen molar-refractivity contribution in [3.05, 3.63) is 0 Å². The van der Waals surface area contributed by atoms with Crippen molar-refractivity contribution in [2.45, 2.75) is 51.8 Å². The van der Waals surface area contributed by atoms with Gasteiger partial charge in [-0.05, 0) is 48.7 Å². The van der Waals surface area contributed by atoms with Gasteiger partial charge in [-0.1, -0.05) is 0 Å². The number of carbonyl (C=O) groups excluding carboxylic acids is 2. The van der Waals surface area contributed by atoms with Crippen LogP contribution in [-0.4, -0.2) is 71.3 Å². The third-order valence-electron chi connectivity index (χ3n) is 3.72. The molecule has 6 nitrogen and oxygen atoms in total. The fourth-order valence-electron chi connectivity index (χ4n) is 1.74. The second-order valence-corrected chi connectivity index (χ2v) is 8.39. The van der Waals surface area contributed by atoms with Crippen molar-refractivity contribution in [3.8, 4) is 0 Å². The van der Waals surface area contributed by atoms with Crippen LogP contribution in [0.2, 0.25) is 0 Å². The number of rotatable bonds is 4. The summed E-state index contributed by atoms with van der Waals surface area (Å²) in [5.74, 6) is 0.975. The average molecular weight is 331 g/mol. The van der Waals surface area contributed by atoms with Crippen molar-refractivity contribution in [2.75, 3.05) is 32.3 Å². The Balaban J connectivity index is 2.63. The molecule has 0 bridgehead atoms. The van der Waals surface area contributed by atoms with E-state index in [1.807, 2.05) is 34.9 Å². The molecule has 1 saturated heterocycles. The molecule has 1 atom stereocenters. The zero-order valence-electron chi connectivity index (χ0n) is 14.7. The number of ether oxygens (including phenoxy) is 1. The zero-order valence-corrected chi connectivity index (χ0v) is 15.5. The van der Waals surface area contributed by atoms with Gasteiger partial charge >= 0.3 is 6.09 Å². The first-order valence-corrected chi connectivity index (χ1v) is 8.62. The predicted molar refractivity (Wildman–Crippen MR) is 90.0 cm³/mol. The molecule has 0 unspecified atom stereocenters. The summed E-state index contributed by atoms with van der Waals surface area (Å²) in [7, 11) is 3.95. The van der Waals surface area contributed by atoms with Gasteiger partial charge in [0.1, 0.15) is 11.6 Å². The van der Waals surface area contributed by atoms with Crippen molar-refractivity contribution in [1.82, 2.24) is 15.1 Å². The van der Waals surface area contributed by atoms with Gasteiger partial charge in [-0.15, -0.1) is 11.8 Å². The van der Waals surface area contributed by atoms with Crippen molar-refractivity contribution in [2.24, 2.45) is 0 Å². The first-order chi connectivity index (χ1) is 9.94. The molecular formula is C15H29N3O3S. The van der Waals surface area contributed by atoms with Crippen molar-refractivity contribution >= 4 is 23.8 Å². The number of thioether (sulfide) groups is 1. The molecule has 128 valence electrons. The number of hydrogen-bond donors (Lipinski definition) is 1. The van der Waals surface area contributed by atoms with Crippen LogP contribution in [0.5, 0.6) is 0 Å². The fourth-order valence-corrected chi connectivity index (χ4v) is 2.88. The highest BCUT2D eigenvalue weighted by molar-refractivity contribution is 7.99. The van der Waals surface area contributed by atoms with Crippen LogP contribution < -0.4 is 5.32 Å². The van der Waals surface area contributed by atoms with Crippen LogP contribution in [0.15, 0.2) is 0 Å². The smallest absolute Gasteiger partial charge is 0.411 e. The minimum atomic E-state index is -0.557. The average Bonchev–Trinajstić information content (AvgIpc) is 2.83. The van der Waals surface area contributed by atoms with E-state index >= 15 is 0 Å². The molecule has 1 N–H and O–H groups in total. The highest BCUT2D eigenvalue weighted by Crippen LogP contribution is 2.23. The van der Waals surface area contributed by atoms with Gasteiger partial charge in [-0.3, -0.25) is 9.69 Å². The topological polar surface area (TPSA) is 61.9 Å². The van der Waals surface area contributed by atoms with E-state index < -0.39 is 17.7 Å². The largest absolute Gasteiger partial charge is 0.444 e. The quantitative estimate of drug-likeness (QED) is 0.850. The number of nitrogens with zero attached hydrogens (tertiary/aromatic N) is 2. The van der Waals surface area contributed by atoms with Crippen LogP contribution in [0.4, 0.5) is 4.79 Å². The maximum Gasteiger partial charge on any atom is 0.411 e. The Kier molecular flexibility index (Phi) is 6.15. The van der Waals surface area contributed by atoms with Crippen LogP contribution in [0.1, 0.15) is 34.6 Å². The summed E-state index contributed by atoms with van der Waals surface area (Å²) in [6, 6.07) is -0.460. The molecule has 0 spiro atoms. The molecule has 0 radical (unpaired) electrons.